The maximum atomic E-state index is 10.6. The van der Waals surface area contributed by atoms with Crippen LogP contribution < -0.4 is 4.90 Å². The minimum atomic E-state index is -0.213. The molecule has 1 N–H and O–H groups in total. The molecular formula is C18H30N4OS. The highest BCUT2D eigenvalue weighted by Crippen LogP contribution is 2.21. The highest BCUT2D eigenvalue weighted by molar-refractivity contribution is 7.98. The highest BCUT2D eigenvalue weighted by Gasteiger charge is 2.33. The first-order valence-electron chi connectivity index (χ1n) is 9.07. The number of piperidine rings is 1. The van der Waals surface area contributed by atoms with Gasteiger partial charge in [-0.05, 0) is 50.1 Å². The Morgan fingerprint density at radius 1 is 1.21 bits per heavy atom. The van der Waals surface area contributed by atoms with Crippen LogP contribution in [0.4, 0.5) is 5.82 Å². The molecule has 1 aromatic heterocycles. The van der Waals surface area contributed by atoms with Gasteiger partial charge in [-0.25, -0.2) is 4.98 Å². The van der Waals surface area contributed by atoms with E-state index >= 15 is 0 Å². The summed E-state index contributed by atoms with van der Waals surface area (Å²) < 4.78 is 0. The van der Waals surface area contributed by atoms with Crippen LogP contribution in [0.25, 0.3) is 0 Å². The van der Waals surface area contributed by atoms with Crippen molar-refractivity contribution in [3.05, 3.63) is 24.4 Å². The lowest BCUT2D eigenvalue weighted by Gasteiger charge is -2.45. The summed E-state index contributed by atoms with van der Waals surface area (Å²) in [6, 6.07) is 6.42. The molecule has 6 heteroatoms. The van der Waals surface area contributed by atoms with Crippen LogP contribution in [0, 0.1) is 0 Å². The van der Waals surface area contributed by atoms with Crippen molar-refractivity contribution >= 4 is 17.6 Å². The molecule has 0 aromatic carbocycles. The number of likely N-dealkylation sites (tertiary alicyclic amines) is 1. The number of anilines is 1. The number of piperazine rings is 1. The fourth-order valence-corrected chi connectivity index (χ4v) is 4.29. The molecule has 134 valence electrons. The molecule has 2 aliphatic rings. The van der Waals surface area contributed by atoms with Crippen molar-refractivity contribution in [3.63, 3.8) is 0 Å². The van der Waals surface area contributed by atoms with Crippen LogP contribution in [0.3, 0.4) is 0 Å². The Kier molecular flexibility index (Phi) is 6.77. The van der Waals surface area contributed by atoms with E-state index in [1.807, 2.05) is 30.1 Å². The van der Waals surface area contributed by atoms with Crippen molar-refractivity contribution in [2.45, 2.75) is 25.0 Å². The van der Waals surface area contributed by atoms with Crippen LogP contribution in [-0.4, -0.2) is 89.9 Å². The minimum Gasteiger partial charge on any atom is -0.390 e. The quantitative estimate of drug-likeness (QED) is 0.782. The lowest BCUT2D eigenvalue weighted by Crippen LogP contribution is -2.59. The molecule has 0 aliphatic carbocycles. The fourth-order valence-electron chi connectivity index (χ4n) is 3.87. The summed E-state index contributed by atoms with van der Waals surface area (Å²) >= 11 is 1.91. The molecule has 2 saturated heterocycles. The van der Waals surface area contributed by atoms with E-state index in [0.29, 0.717) is 6.04 Å². The second-order valence-electron chi connectivity index (χ2n) is 6.78. The number of thioether (sulfide) groups is 1. The normalized spacial score (nSPS) is 26.7. The molecule has 0 bridgehead atoms. The van der Waals surface area contributed by atoms with Gasteiger partial charge in [-0.2, -0.15) is 11.8 Å². The predicted molar refractivity (Wildman–Crippen MR) is 102 cm³/mol. The molecule has 0 saturated carbocycles. The van der Waals surface area contributed by atoms with Crippen LogP contribution in [-0.2, 0) is 0 Å². The van der Waals surface area contributed by atoms with Gasteiger partial charge >= 0.3 is 0 Å². The number of nitrogens with zero attached hydrogens (tertiary/aromatic N) is 4. The molecular weight excluding hydrogens is 320 g/mol. The van der Waals surface area contributed by atoms with Crippen LogP contribution in [0.5, 0.6) is 0 Å². The maximum Gasteiger partial charge on any atom is 0.128 e. The molecule has 2 aliphatic heterocycles. The number of β-amino-alcohol motifs (C(OH)–C–C–N with tert-alkyl or cyclic N) is 1. The summed E-state index contributed by atoms with van der Waals surface area (Å²) in [7, 11) is 0. The zero-order chi connectivity index (χ0) is 16.8. The molecule has 5 nitrogen and oxygen atoms in total. The van der Waals surface area contributed by atoms with E-state index in [4.69, 9.17) is 0 Å². The molecule has 3 rings (SSSR count). The number of rotatable bonds is 6. The highest BCUT2D eigenvalue weighted by atomic mass is 32.2. The van der Waals surface area contributed by atoms with Crippen molar-refractivity contribution in [2.24, 2.45) is 0 Å². The van der Waals surface area contributed by atoms with Gasteiger partial charge in [-0.3, -0.25) is 4.90 Å². The predicted octanol–water partition coefficient (Wildman–Crippen LogP) is 1.39. The number of aliphatic hydroxyl groups excluding tert-OH is 1. The largest absolute Gasteiger partial charge is 0.390 e. The first-order valence-corrected chi connectivity index (χ1v) is 10.5. The summed E-state index contributed by atoms with van der Waals surface area (Å²) in [6.45, 7) is 7.11. The van der Waals surface area contributed by atoms with Gasteiger partial charge in [0.05, 0.1) is 6.10 Å². The second-order valence-corrected chi connectivity index (χ2v) is 7.77. The Morgan fingerprint density at radius 2 is 2.04 bits per heavy atom. The van der Waals surface area contributed by atoms with E-state index < -0.39 is 0 Å². The number of hydrogen-bond acceptors (Lipinski definition) is 6. The molecule has 0 radical (unpaired) electrons. The molecule has 1 aromatic rings. The van der Waals surface area contributed by atoms with Gasteiger partial charge in [0.15, 0.2) is 0 Å². The first kappa shape index (κ1) is 18.0. The maximum absolute atomic E-state index is 10.6. The van der Waals surface area contributed by atoms with Crippen LogP contribution >= 0.6 is 11.8 Å². The Hall–Kier alpha value is -0.820. The third-order valence-corrected chi connectivity index (χ3v) is 5.91. The van der Waals surface area contributed by atoms with Gasteiger partial charge in [0.1, 0.15) is 5.82 Å². The van der Waals surface area contributed by atoms with Crippen LogP contribution in [0.15, 0.2) is 24.4 Å². The summed E-state index contributed by atoms with van der Waals surface area (Å²) in [6.07, 6.45) is 6.12. The standard InChI is InChI=1S/C18H30N4OS/c1-24-14-4-8-20-9-6-16(17(23)15-20)21-10-12-22(13-11-21)18-5-2-3-7-19-18/h2-3,5,7,16-17,23H,4,6,8-15H2,1H3/t16-,17-/m1/s1. The van der Waals surface area contributed by atoms with Crippen LogP contribution in [0.2, 0.25) is 0 Å². The first-order chi connectivity index (χ1) is 11.8. The van der Waals surface area contributed by atoms with E-state index in [9.17, 15) is 5.11 Å². The number of pyridine rings is 1. The molecule has 2 fully saturated rings. The summed E-state index contributed by atoms with van der Waals surface area (Å²) in [4.78, 5) is 11.7. The Balaban J connectivity index is 1.45. The minimum absolute atomic E-state index is 0.213. The van der Waals surface area contributed by atoms with E-state index in [1.165, 1.54) is 12.2 Å². The SMILES string of the molecule is CSCCCN1CC[C@@H](N2CCN(c3ccccn3)CC2)[C@H](O)C1. The monoisotopic (exact) mass is 350 g/mol. The van der Waals surface area contributed by atoms with Gasteiger partial charge < -0.3 is 14.9 Å². The summed E-state index contributed by atoms with van der Waals surface area (Å²) in [5.41, 5.74) is 0. The van der Waals surface area contributed by atoms with E-state index in [0.717, 1.165) is 58.1 Å². The molecule has 0 spiro atoms. The van der Waals surface area contributed by atoms with Crippen molar-refractivity contribution in [1.82, 2.24) is 14.8 Å². The van der Waals surface area contributed by atoms with Gasteiger partial charge in [-0.1, -0.05) is 6.07 Å². The number of hydrogen-bond donors (Lipinski definition) is 1. The van der Waals surface area contributed by atoms with E-state index in [1.54, 1.807) is 0 Å². The van der Waals surface area contributed by atoms with Gasteiger partial charge in [0.2, 0.25) is 0 Å². The van der Waals surface area contributed by atoms with Gasteiger partial charge in [0, 0.05) is 45.0 Å². The number of aromatic nitrogens is 1. The Labute approximate surface area is 150 Å². The molecule has 24 heavy (non-hydrogen) atoms. The van der Waals surface area contributed by atoms with Gasteiger partial charge in [-0.15, -0.1) is 0 Å². The zero-order valence-electron chi connectivity index (χ0n) is 14.7. The fraction of sp³-hybridized carbons (Fsp3) is 0.722. The molecule has 0 amide bonds. The smallest absolute Gasteiger partial charge is 0.128 e. The van der Waals surface area contributed by atoms with E-state index in [2.05, 4.69) is 32.0 Å². The summed E-state index contributed by atoms with van der Waals surface area (Å²) in [5.74, 6) is 2.28. The van der Waals surface area contributed by atoms with Crippen molar-refractivity contribution in [3.8, 4) is 0 Å². The molecule has 3 heterocycles. The van der Waals surface area contributed by atoms with Gasteiger partial charge in [0.25, 0.3) is 0 Å². The zero-order valence-corrected chi connectivity index (χ0v) is 15.5. The van der Waals surface area contributed by atoms with Crippen molar-refractivity contribution < 1.29 is 5.11 Å². The lowest BCUT2D eigenvalue weighted by molar-refractivity contribution is -0.0147. The van der Waals surface area contributed by atoms with Crippen LogP contribution in [0.1, 0.15) is 12.8 Å². The number of aliphatic hydroxyl groups is 1. The van der Waals surface area contributed by atoms with Crippen molar-refractivity contribution in [2.75, 3.05) is 62.7 Å². The third kappa shape index (κ3) is 4.63. The average molecular weight is 351 g/mol. The van der Waals surface area contributed by atoms with E-state index in [-0.39, 0.29) is 6.10 Å². The summed E-state index contributed by atoms with van der Waals surface area (Å²) in [5, 5.41) is 10.6. The third-order valence-electron chi connectivity index (χ3n) is 5.21. The second kappa shape index (κ2) is 9.04. The van der Waals surface area contributed by atoms with Crippen molar-refractivity contribution in [1.29, 1.82) is 0 Å². The molecule has 2 atom stereocenters. The topological polar surface area (TPSA) is 42.8 Å². The Bertz CT molecular complexity index is 481. The molecule has 0 unspecified atom stereocenters. The lowest BCUT2D eigenvalue weighted by atomic mass is 9.99. The average Bonchev–Trinajstić information content (AvgIpc) is 2.63. The Morgan fingerprint density at radius 3 is 2.71 bits per heavy atom.